The Labute approximate surface area is 184 Å². The quantitative estimate of drug-likeness (QED) is 0.786. The predicted octanol–water partition coefficient (Wildman–Crippen LogP) is 3.54. The number of nitrogens with zero attached hydrogens (tertiary/aromatic N) is 3. The number of guanidine groups is 1. The third kappa shape index (κ3) is 3.60. The molecule has 2 fully saturated rings. The van der Waals surface area contributed by atoms with E-state index in [1.54, 1.807) is 13.1 Å². The Morgan fingerprint density at radius 2 is 1.71 bits per heavy atom. The molecule has 1 amide bonds. The molecule has 2 saturated heterocycles. The molecule has 6 heteroatoms. The lowest BCUT2D eigenvalue weighted by molar-refractivity contribution is -0.130. The van der Waals surface area contributed by atoms with E-state index < -0.39 is 5.54 Å². The second kappa shape index (κ2) is 7.82. The highest BCUT2D eigenvalue weighted by Gasteiger charge is 2.54. The van der Waals surface area contributed by atoms with E-state index >= 15 is 0 Å². The first-order valence-electron chi connectivity index (χ1n) is 10.7. The highest BCUT2D eigenvalue weighted by molar-refractivity contribution is 5.97. The van der Waals surface area contributed by atoms with Gasteiger partial charge in [-0.3, -0.25) is 15.1 Å². The van der Waals surface area contributed by atoms with E-state index in [9.17, 15) is 10.1 Å². The molecule has 0 radical (unpaired) electrons. The number of nitrogens with one attached hydrogen (secondary N) is 2. The normalized spacial score (nSPS) is 23.9. The van der Waals surface area contributed by atoms with Crippen LogP contribution in [-0.2, 0) is 10.3 Å². The molecule has 160 valence electrons. The largest absolute Gasteiger partial charge is 0.346 e. The van der Waals surface area contributed by atoms with Crippen molar-refractivity contribution in [1.82, 2.24) is 15.1 Å². The summed E-state index contributed by atoms with van der Waals surface area (Å²) in [6.07, 6.45) is 2.18. The van der Waals surface area contributed by atoms with Crippen molar-refractivity contribution >= 4 is 11.9 Å². The van der Waals surface area contributed by atoms with Gasteiger partial charge in [0, 0.05) is 18.9 Å². The van der Waals surface area contributed by atoms with Crippen LogP contribution < -0.4 is 5.32 Å². The van der Waals surface area contributed by atoms with Crippen molar-refractivity contribution < 1.29 is 4.79 Å². The van der Waals surface area contributed by atoms with Crippen molar-refractivity contribution in [3.05, 3.63) is 59.7 Å². The van der Waals surface area contributed by atoms with Gasteiger partial charge >= 0.3 is 0 Å². The minimum Gasteiger partial charge on any atom is -0.346 e. The fourth-order valence-corrected chi connectivity index (χ4v) is 5.04. The maximum atomic E-state index is 13.0. The number of hydrogen-bond acceptors (Lipinski definition) is 4. The number of rotatable bonds is 2. The lowest BCUT2D eigenvalue weighted by atomic mass is 9.60. The van der Waals surface area contributed by atoms with Crippen LogP contribution in [0.3, 0.4) is 0 Å². The summed E-state index contributed by atoms with van der Waals surface area (Å²) in [5, 5.41) is 21.3. The average molecular weight is 416 g/mol. The number of nitriles is 1. The first kappa shape index (κ1) is 21.1. The van der Waals surface area contributed by atoms with Gasteiger partial charge < -0.3 is 10.2 Å². The van der Waals surface area contributed by atoms with Crippen LogP contribution in [0.25, 0.3) is 11.1 Å². The molecule has 4 rings (SSSR count). The highest BCUT2D eigenvalue weighted by atomic mass is 16.2. The lowest BCUT2D eigenvalue weighted by Crippen LogP contribution is -2.58. The fourth-order valence-electron chi connectivity index (χ4n) is 5.04. The van der Waals surface area contributed by atoms with Gasteiger partial charge in [-0.1, -0.05) is 30.3 Å². The predicted molar refractivity (Wildman–Crippen MR) is 121 cm³/mol. The molecular formula is C25H29N5O. The summed E-state index contributed by atoms with van der Waals surface area (Å²) in [5.41, 5.74) is 2.83. The lowest BCUT2D eigenvalue weighted by Gasteiger charge is -2.51. The highest BCUT2D eigenvalue weighted by Crippen LogP contribution is 2.51. The van der Waals surface area contributed by atoms with E-state index in [-0.39, 0.29) is 17.3 Å². The molecule has 2 aliphatic rings. The molecule has 2 aromatic carbocycles. The molecule has 6 nitrogen and oxygen atoms in total. The second-order valence-electron chi connectivity index (χ2n) is 9.09. The average Bonchev–Trinajstić information content (AvgIpc) is 2.86. The third-order valence-corrected chi connectivity index (χ3v) is 7.34. The summed E-state index contributed by atoms with van der Waals surface area (Å²) in [5.74, 6) is 0.129. The summed E-state index contributed by atoms with van der Waals surface area (Å²) in [6.45, 7) is 3.99. The Morgan fingerprint density at radius 1 is 1.06 bits per heavy atom. The summed E-state index contributed by atoms with van der Waals surface area (Å²) < 4.78 is 0. The van der Waals surface area contributed by atoms with Crippen LogP contribution in [0.5, 0.6) is 0 Å². The van der Waals surface area contributed by atoms with Crippen LogP contribution in [0, 0.1) is 22.2 Å². The van der Waals surface area contributed by atoms with Crippen LogP contribution in [0.15, 0.2) is 48.5 Å². The van der Waals surface area contributed by atoms with Crippen molar-refractivity contribution in [3.63, 3.8) is 0 Å². The van der Waals surface area contributed by atoms with E-state index in [0.717, 1.165) is 42.6 Å². The standard InChI is InChI=1S/C25H29N5O/c1-24(21-9-5-8-20(15-21)19-7-4-6-18(14-19)17-26)25(10-12-29(2)13-11-25)16-22(31)30(3)23(27)28-24/h4-9,14-15H,10-13,16H2,1-3H3,(H2,27,28). The van der Waals surface area contributed by atoms with E-state index in [1.807, 2.05) is 30.3 Å². The molecule has 0 saturated carbocycles. The molecule has 1 unspecified atom stereocenters. The zero-order valence-electron chi connectivity index (χ0n) is 18.4. The number of carbonyl (C=O) groups excluding carboxylic acids is 1. The van der Waals surface area contributed by atoms with Crippen molar-refractivity contribution in [2.75, 3.05) is 27.2 Å². The van der Waals surface area contributed by atoms with Gasteiger partial charge in [0.05, 0.1) is 17.2 Å². The fraction of sp³-hybridized carbons (Fsp3) is 0.400. The summed E-state index contributed by atoms with van der Waals surface area (Å²) >= 11 is 0. The minimum atomic E-state index is -0.575. The van der Waals surface area contributed by atoms with Crippen molar-refractivity contribution in [2.45, 2.75) is 31.7 Å². The summed E-state index contributed by atoms with van der Waals surface area (Å²) in [7, 11) is 3.79. The summed E-state index contributed by atoms with van der Waals surface area (Å²) in [4.78, 5) is 16.7. The Kier molecular flexibility index (Phi) is 5.32. The molecule has 2 aromatic rings. The maximum absolute atomic E-state index is 13.0. The Morgan fingerprint density at radius 3 is 2.39 bits per heavy atom. The third-order valence-electron chi connectivity index (χ3n) is 7.34. The number of carbonyl (C=O) groups is 1. The molecule has 0 bridgehead atoms. The second-order valence-corrected chi connectivity index (χ2v) is 9.09. The molecular weight excluding hydrogens is 386 g/mol. The number of hydrogen-bond donors (Lipinski definition) is 2. The molecule has 2 aliphatic heterocycles. The number of likely N-dealkylation sites (tertiary alicyclic amines) is 1. The van der Waals surface area contributed by atoms with Gasteiger partial charge in [-0.05, 0) is 74.8 Å². The molecule has 31 heavy (non-hydrogen) atoms. The van der Waals surface area contributed by atoms with Crippen LogP contribution in [0.4, 0.5) is 0 Å². The number of benzene rings is 2. The van der Waals surface area contributed by atoms with E-state index in [1.165, 1.54) is 4.90 Å². The van der Waals surface area contributed by atoms with Crippen LogP contribution in [-0.4, -0.2) is 48.9 Å². The van der Waals surface area contributed by atoms with E-state index in [0.29, 0.717) is 12.0 Å². The Balaban J connectivity index is 1.83. The zero-order valence-corrected chi connectivity index (χ0v) is 18.4. The number of piperidine rings is 1. The van der Waals surface area contributed by atoms with Gasteiger partial charge in [0.15, 0.2) is 5.96 Å². The molecule has 1 spiro atoms. The van der Waals surface area contributed by atoms with Crippen molar-refractivity contribution in [2.24, 2.45) is 5.41 Å². The van der Waals surface area contributed by atoms with Gasteiger partial charge in [-0.2, -0.15) is 5.26 Å². The monoisotopic (exact) mass is 415 g/mol. The Bertz CT molecular complexity index is 1060. The topological polar surface area (TPSA) is 83.2 Å². The first-order chi connectivity index (χ1) is 14.8. The molecule has 1 atom stereocenters. The van der Waals surface area contributed by atoms with Gasteiger partial charge in [-0.25, -0.2) is 0 Å². The van der Waals surface area contributed by atoms with Gasteiger partial charge in [0.25, 0.3) is 0 Å². The van der Waals surface area contributed by atoms with Gasteiger partial charge in [0.2, 0.25) is 5.91 Å². The van der Waals surface area contributed by atoms with Crippen LogP contribution in [0.2, 0.25) is 0 Å². The van der Waals surface area contributed by atoms with E-state index in [2.05, 4.69) is 42.4 Å². The van der Waals surface area contributed by atoms with Crippen LogP contribution in [0.1, 0.15) is 37.3 Å². The van der Waals surface area contributed by atoms with Crippen molar-refractivity contribution in [3.8, 4) is 17.2 Å². The SMILES string of the molecule is CN1CCC2(CC1)CC(=O)N(C)C(=N)NC2(C)c1cccc(-c2cccc(C#N)c2)c1. The van der Waals surface area contributed by atoms with Gasteiger partial charge in [-0.15, -0.1) is 0 Å². The molecule has 0 aliphatic carbocycles. The van der Waals surface area contributed by atoms with Crippen molar-refractivity contribution in [1.29, 1.82) is 10.7 Å². The molecule has 2 N–H and O–H groups in total. The van der Waals surface area contributed by atoms with Crippen LogP contribution >= 0.6 is 0 Å². The first-order valence-corrected chi connectivity index (χ1v) is 10.7. The van der Waals surface area contributed by atoms with Gasteiger partial charge in [0.1, 0.15) is 0 Å². The maximum Gasteiger partial charge on any atom is 0.229 e. The smallest absolute Gasteiger partial charge is 0.229 e. The molecule has 0 aromatic heterocycles. The minimum absolute atomic E-state index is 0.0105. The molecule has 2 heterocycles. The summed E-state index contributed by atoms with van der Waals surface area (Å²) in [6, 6.07) is 18.1. The Hall–Kier alpha value is -3.17. The van der Waals surface area contributed by atoms with E-state index in [4.69, 9.17) is 5.41 Å². The zero-order chi connectivity index (χ0) is 22.2. The number of amides is 1.